The van der Waals surface area contributed by atoms with Gasteiger partial charge < -0.3 is 4.98 Å². The Balaban J connectivity index is 2.60. The van der Waals surface area contributed by atoms with Crippen LogP contribution < -0.4 is 0 Å². The minimum atomic E-state index is -4.35. The third-order valence-corrected chi connectivity index (χ3v) is 2.77. The topological polar surface area (TPSA) is 20.7 Å². The van der Waals surface area contributed by atoms with Crippen molar-refractivity contribution in [3.05, 3.63) is 46.5 Å². The summed E-state index contributed by atoms with van der Waals surface area (Å²) in [6, 6.07) is 4.14. The van der Waals surface area contributed by atoms with Crippen molar-refractivity contribution in [1.82, 2.24) is 9.55 Å². The van der Waals surface area contributed by atoms with E-state index in [9.17, 15) is 13.2 Å². The summed E-state index contributed by atoms with van der Waals surface area (Å²) in [4.78, 5) is 2.74. The minimum absolute atomic E-state index is 0.198. The number of nitrogens with one attached hydrogen (secondary N) is 1. The summed E-state index contributed by atoms with van der Waals surface area (Å²) >= 11 is 4.96. The average Bonchev–Trinajstić information content (AvgIpc) is 2.63. The van der Waals surface area contributed by atoms with Crippen molar-refractivity contribution >= 4 is 12.2 Å². The van der Waals surface area contributed by atoms with Gasteiger partial charge in [-0.2, -0.15) is 13.2 Å². The molecule has 90 valence electrons. The molecule has 0 saturated carbocycles. The lowest BCUT2D eigenvalue weighted by Gasteiger charge is -2.12. The van der Waals surface area contributed by atoms with E-state index in [1.807, 2.05) is 0 Å². The molecule has 1 N–H and O–H groups in total. The molecule has 0 fully saturated rings. The molecule has 1 heterocycles. The number of alkyl halides is 3. The Morgan fingerprint density at radius 2 is 2.00 bits per heavy atom. The van der Waals surface area contributed by atoms with E-state index in [1.165, 1.54) is 17.6 Å². The Hall–Kier alpha value is -1.56. The number of aryl methyl sites for hydroxylation is 1. The first kappa shape index (κ1) is 11.9. The van der Waals surface area contributed by atoms with Gasteiger partial charge in [0.25, 0.3) is 0 Å². The highest BCUT2D eigenvalue weighted by molar-refractivity contribution is 7.71. The van der Waals surface area contributed by atoms with Crippen molar-refractivity contribution in [2.45, 2.75) is 13.1 Å². The summed E-state index contributed by atoms with van der Waals surface area (Å²) in [5.41, 5.74) is -0.0458. The van der Waals surface area contributed by atoms with Gasteiger partial charge in [-0.3, -0.25) is 4.57 Å². The number of benzene rings is 1. The molecular formula is C11H9F3N2S. The van der Waals surface area contributed by atoms with Gasteiger partial charge in [0.15, 0.2) is 4.77 Å². The summed E-state index contributed by atoms with van der Waals surface area (Å²) in [6.45, 7) is 1.43. The first-order chi connectivity index (χ1) is 7.89. The molecule has 0 aliphatic carbocycles. The van der Waals surface area contributed by atoms with E-state index in [1.54, 1.807) is 18.5 Å². The average molecular weight is 258 g/mol. The highest BCUT2D eigenvalue weighted by atomic mass is 32.1. The van der Waals surface area contributed by atoms with Crippen LogP contribution in [0.2, 0.25) is 0 Å². The number of aromatic amines is 1. The Bertz CT molecular complexity index is 595. The van der Waals surface area contributed by atoms with Gasteiger partial charge >= 0.3 is 6.18 Å². The van der Waals surface area contributed by atoms with Crippen molar-refractivity contribution in [2.75, 3.05) is 0 Å². The highest BCUT2D eigenvalue weighted by Crippen LogP contribution is 2.33. The lowest BCUT2D eigenvalue weighted by Crippen LogP contribution is -2.08. The molecule has 0 spiro atoms. The second-order valence-corrected chi connectivity index (χ2v) is 4.02. The minimum Gasteiger partial charge on any atom is -0.337 e. The summed E-state index contributed by atoms with van der Waals surface area (Å²) in [5, 5.41) is 0. The zero-order valence-electron chi connectivity index (χ0n) is 8.88. The van der Waals surface area contributed by atoms with Crippen LogP contribution in [0.4, 0.5) is 13.2 Å². The third-order valence-electron chi connectivity index (χ3n) is 2.45. The Morgan fingerprint density at radius 1 is 1.29 bits per heavy atom. The molecule has 17 heavy (non-hydrogen) atoms. The quantitative estimate of drug-likeness (QED) is 0.770. The molecule has 2 nitrogen and oxygen atoms in total. The smallest absolute Gasteiger partial charge is 0.337 e. The standard InChI is InChI=1S/C11H9F3N2S/c1-7-2-3-8(6-9(7)11(12,13)14)16-5-4-15-10(16)17/h2-6H,1H3,(H,15,17). The zero-order chi connectivity index (χ0) is 12.6. The van der Waals surface area contributed by atoms with Gasteiger partial charge in [-0.05, 0) is 36.8 Å². The van der Waals surface area contributed by atoms with Crippen LogP contribution in [0.25, 0.3) is 5.69 Å². The number of aromatic nitrogens is 2. The van der Waals surface area contributed by atoms with E-state index < -0.39 is 11.7 Å². The van der Waals surface area contributed by atoms with Gasteiger partial charge in [0.1, 0.15) is 0 Å². The van der Waals surface area contributed by atoms with Crippen LogP contribution in [-0.2, 0) is 6.18 Å². The van der Waals surface area contributed by atoms with E-state index >= 15 is 0 Å². The second kappa shape index (κ2) is 4.03. The van der Waals surface area contributed by atoms with Crippen molar-refractivity contribution in [3.63, 3.8) is 0 Å². The van der Waals surface area contributed by atoms with Crippen LogP contribution in [-0.4, -0.2) is 9.55 Å². The summed E-state index contributed by atoms with van der Waals surface area (Å²) in [6.07, 6.45) is -1.18. The van der Waals surface area contributed by atoms with Crippen LogP contribution in [0.3, 0.4) is 0 Å². The van der Waals surface area contributed by atoms with Crippen molar-refractivity contribution < 1.29 is 13.2 Å². The lowest BCUT2D eigenvalue weighted by atomic mass is 10.1. The van der Waals surface area contributed by atoms with Gasteiger partial charge in [0.2, 0.25) is 0 Å². The maximum atomic E-state index is 12.7. The number of H-pyrrole nitrogens is 1. The van der Waals surface area contributed by atoms with E-state index in [-0.39, 0.29) is 5.56 Å². The number of nitrogens with zero attached hydrogens (tertiary/aromatic N) is 1. The van der Waals surface area contributed by atoms with Gasteiger partial charge in [-0.15, -0.1) is 0 Å². The van der Waals surface area contributed by atoms with Gasteiger partial charge in [0.05, 0.1) is 5.56 Å². The normalized spacial score (nSPS) is 11.8. The summed E-state index contributed by atoms with van der Waals surface area (Å²) in [7, 11) is 0. The summed E-state index contributed by atoms with van der Waals surface area (Å²) in [5.74, 6) is 0. The number of hydrogen-bond acceptors (Lipinski definition) is 1. The van der Waals surface area contributed by atoms with E-state index in [2.05, 4.69) is 4.98 Å². The molecule has 0 amide bonds. The number of rotatable bonds is 1. The Morgan fingerprint density at radius 3 is 2.53 bits per heavy atom. The molecule has 1 aromatic carbocycles. The van der Waals surface area contributed by atoms with Gasteiger partial charge in [0, 0.05) is 18.1 Å². The molecular weight excluding hydrogens is 249 g/mol. The number of imidazole rings is 1. The van der Waals surface area contributed by atoms with Crippen LogP contribution in [0, 0.1) is 11.7 Å². The van der Waals surface area contributed by atoms with Gasteiger partial charge in [-0.1, -0.05) is 6.07 Å². The molecule has 1 aromatic heterocycles. The predicted molar refractivity (Wildman–Crippen MR) is 60.7 cm³/mol. The predicted octanol–water partition coefficient (Wildman–Crippen LogP) is 3.86. The largest absolute Gasteiger partial charge is 0.416 e. The van der Waals surface area contributed by atoms with Crippen LogP contribution in [0.15, 0.2) is 30.6 Å². The number of hydrogen-bond donors (Lipinski definition) is 1. The van der Waals surface area contributed by atoms with E-state index in [4.69, 9.17) is 12.2 Å². The molecule has 2 rings (SSSR count). The molecule has 2 aromatic rings. The molecule has 0 aliphatic heterocycles. The SMILES string of the molecule is Cc1ccc(-n2cc[nH]c2=S)cc1C(F)(F)F. The fraction of sp³-hybridized carbons (Fsp3) is 0.182. The van der Waals surface area contributed by atoms with Crippen molar-refractivity contribution in [3.8, 4) is 5.69 Å². The molecule has 6 heteroatoms. The fourth-order valence-electron chi connectivity index (χ4n) is 1.59. The van der Waals surface area contributed by atoms with Gasteiger partial charge in [-0.25, -0.2) is 0 Å². The lowest BCUT2D eigenvalue weighted by molar-refractivity contribution is -0.138. The molecule has 0 saturated heterocycles. The van der Waals surface area contributed by atoms with E-state index in [0.29, 0.717) is 10.5 Å². The Labute approximate surface area is 101 Å². The monoisotopic (exact) mass is 258 g/mol. The second-order valence-electron chi connectivity index (χ2n) is 3.63. The van der Waals surface area contributed by atoms with E-state index in [0.717, 1.165) is 6.07 Å². The first-order valence-electron chi connectivity index (χ1n) is 4.84. The summed E-state index contributed by atoms with van der Waals surface area (Å²) < 4.78 is 40.0. The molecule has 0 radical (unpaired) electrons. The molecule has 0 unspecified atom stereocenters. The van der Waals surface area contributed by atoms with Crippen LogP contribution >= 0.6 is 12.2 Å². The number of halogens is 3. The maximum Gasteiger partial charge on any atom is 0.416 e. The fourth-order valence-corrected chi connectivity index (χ4v) is 1.82. The molecule has 0 atom stereocenters. The van der Waals surface area contributed by atoms with Crippen molar-refractivity contribution in [2.24, 2.45) is 0 Å². The zero-order valence-corrected chi connectivity index (χ0v) is 9.69. The first-order valence-corrected chi connectivity index (χ1v) is 5.24. The van der Waals surface area contributed by atoms with Crippen molar-refractivity contribution in [1.29, 1.82) is 0 Å². The van der Waals surface area contributed by atoms with Crippen LogP contribution in [0.5, 0.6) is 0 Å². The highest BCUT2D eigenvalue weighted by Gasteiger charge is 2.32. The maximum absolute atomic E-state index is 12.7. The molecule has 0 aliphatic rings. The Kier molecular flexibility index (Phi) is 2.82. The third kappa shape index (κ3) is 2.26. The molecule has 0 bridgehead atoms. The van der Waals surface area contributed by atoms with Crippen LogP contribution in [0.1, 0.15) is 11.1 Å².